The van der Waals surface area contributed by atoms with Crippen LogP contribution >= 0.6 is 0 Å². The number of rotatable bonds is 11. The van der Waals surface area contributed by atoms with Crippen LogP contribution in [0.2, 0.25) is 0 Å². The van der Waals surface area contributed by atoms with Gasteiger partial charge in [0.15, 0.2) is 18.0 Å². The summed E-state index contributed by atoms with van der Waals surface area (Å²) in [7, 11) is 1.62. The molecule has 0 amide bonds. The van der Waals surface area contributed by atoms with Gasteiger partial charge in [0.05, 0.1) is 26.1 Å². The Labute approximate surface area is 201 Å². The SMILES string of the molecule is C=C[C@H]1OCCC[C@@H]1O[C@H](C)C(=O)O[C@H](/C=C/OCc1ccc(OC)cc1)[C@H]1COC(C)(C)O1. The van der Waals surface area contributed by atoms with Crippen LogP contribution in [0.4, 0.5) is 0 Å². The van der Waals surface area contributed by atoms with E-state index in [1.54, 1.807) is 26.2 Å². The van der Waals surface area contributed by atoms with Crippen molar-refractivity contribution in [2.24, 2.45) is 0 Å². The minimum Gasteiger partial charge on any atom is -0.497 e. The molecule has 1 aromatic carbocycles. The molecule has 8 nitrogen and oxygen atoms in total. The molecule has 0 bridgehead atoms. The first-order chi connectivity index (χ1) is 16.3. The average molecular weight is 477 g/mol. The molecule has 0 radical (unpaired) electrons. The maximum absolute atomic E-state index is 12.9. The minimum atomic E-state index is -0.777. The molecule has 1 aromatic rings. The third-order valence-corrected chi connectivity index (χ3v) is 5.68. The molecule has 188 valence electrons. The van der Waals surface area contributed by atoms with Gasteiger partial charge in [-0.15, -0.1) is 6.58 Å². The monoisotopic (exact) mass is 476 g/mol. The lowest BCUT2D eigenvalue weighted by Gasteiger charge is -2.31. The van der Waals surface area contributed by atoms with Crippen molar-refractivity contribution in [2.75, 3.05) is 20.3 Å². The van der Waals surface area contributed by atoms with Crippen molar-refractivity contribution in [3.8, 4) is 5.75 Å². The first kappa shape index (κ1) is 26.2. The molecule has 2 saturated heterocycles. The Morgan fingerprint density at radius 1 is 1.29 bits per heavy atom. The molecular weight excluding hydrogens is 440 g/mol. The van der Waals surface area contributed by atoms with Gasteiger partial charge in [-0.25, -0.2) is 4.79 Å². The highest BCUT2D eigenvalue weighted by atomic mass is 16.8. The first-order valence-electron chi connectivity index (χ1n) is 11.6. The van der Waals surface area contributed by atoms with Crippen molar-refractivity contribution in [2.45, 2.75) is 76.5 Å². The number of hydrogen-bond donors (Lipinski definition) is 0. The molecular formula is C26H36O8. The minimum absolute atomic E-state index is 0.236. The van der Waals surface area contributed by atoms with Crippen molar-refractivity contribution < 1.29 is 38.0 Å². The van der Waals surface area contributed by atoms with Gasteiger partial charge < -0.3 is 33.2 Å². The van der Waals surface area contributed by atoms with Gasteiger partial charge in [0.2, 0.25) is 0 Å². The number of carbonyl (C=O) groups is 1. The number of carbonyl (C=O) groups excluding carboxylic acids is 1. The Balaban J connectivity index is 1.58. The summed E-state index contributed by atoms with van der Waals surface area (Å²) in [6, 6.07) is 7.58. The Morgan fingerprint density at radius 2 is 2.06 bits per heavy atom. The number of esters is 1. The van der Waals surface area contributed by atoms with Crippen molar-refractivity contribution in [3.05, 3.63) is 54.8 Å². The van der Waals surface area contributed by atoms with Crippen LogP contribution < -0.4 is 4.74 Å². The second-order valence-electron chi connectivity index (χ2n) is 8.79. The lowest BCUT2D eigenvalue weighted by atomic mass is 10.1. The van der Waals surface area contributed by atoms with E-state index in [0.717, 1.165) is 24.2 Å². The number of benzene rings is 1. The zero-order chi connectivity index (χ0) is 24.6. The second kappa shape index (κ2) is 12.4. The van der Waals surface area contributed by atoms with Crippen LogP contribution in [-0.2, 0) is 39.8 Å². The quantitative estimate of drug-likeness (QED) is 0.270. The largest absolute Gasteiger partial charge is 0.497 e. The lowest BCUT2D eigenvalue weighted by molar-refractivity contribution is -0.181. The van der Waals surface area contributed by atoms with Gasteiger partial charge in [-0.3, -0.25) is 0 Å². The summed E-state index contributed by atoms with van der Waals surface area (Å²) < 4.78 is 39.8. The van der Waals surface area contributed by atoms with E-state index in [4.69, 9.17) is 33.2 Å². The third-order valence-electron chi connectivity index (χ3n) is 5.68. The summed E-state index contributed by atoms with van der Waals surface area (Å²) in [4.78, 5) is 12.9. The summed E-state index contributed by atoms with van der Waals surface area (Å²) in [5, 5.41) is 0. The number of hydrogen-bond acceptors (Lipinski definition) is 8. The highest BCUT2D eigenvalue weighted by Crippen LogP contribution is 2.27. The summed E-state index contributed by atoms with van der Waals surface area (Å²) in [5.74, 6) is -0.472. The normalized spacial score (nSPS) is 26.1. The number of methoxy groups -OCH3 is 1. The molecule has 0 aromatic heterocycles. The van der Waals surface area contributed by atoms with Gasteiger partial charge in [-0.2, -0.15) is 0 Å². The summed E-state index contributed by atoms with van der Waals surface area (Å²) in [5.41, 5.74) is 0.981. The molecule has 0 saturated carbocycles. The van der Waals surface area contributed by atoms with Gasteiger partial charge in [0, 0.05) is 6.61 Å². The third kappa shape index (κ3) is 7.56. The lowest BCUT2D eigenvalue weighted by Crippen LogP contribution is -2.41. The van der Waals surface area contributed by atoms with E-state index in [0.29, 0.717) is 13.2 Å². The van der Waals surface area contributed by atoms with E-state index in [-0.39, 0.29) is 18.8 Å². The van der Waals surface area contributed by atoms with Crippen LogP contribution in [0.15, 0.2) is 49.3 Å². The molecule has 2 fully saturated rings. The van der Waals surface area contributed by atoms with Gasteiger partial charge in [0.1, 0.15) is 24.6 Å². The highest BCUT2D eigenvalue weighted by Gasteiger charge is 2.39. The van der Waals surface area contributed by atoms with Gasteiger partial charge in [-0.05, 0) is 57.4 Å². The van der Waals surface area contributed by atoms with Crippen LogP contribution in [0.3, 0.4) is 0 Å². The van der Waals surface area contributed by atoms with Crippen LogP contribution in [-0.4, -0.2) is 62.6 Å². The Bertz CT molecular complexity index is 819. The van der Waals surface area contributed by atoms with Crippen LogP contribution in [0.1, 0.15) is 39.2 Å². The fourth-order valence-corrected chi connectivity index (χ4v) is 3.80. The fourth-order valence-electron chi connectivity index (χ4n) is 3.80. The Hall–Kier alpha value is -2.39. The zero-order valence-corrected chi connectivity index (χ0v) is 20.4. The Kier molecular flexibility index (Phi) is 9.53. The molecule has 0 N–H and O–H groups in total. The van der Waals surface area contributed by atoms with Crippen LogP contribution in [0.5, 0.6) is 5.75 Å². The van der Waals surface area contributed by atoms with E-state index in [1.165, 1.54) is 6.26 Å². The average Bonchev–Trinajstić information content (AvgIpc) is 3.21. The first-order valence-corrected chi connectivity index (χ1v) is 11.6. The standard InChI is InChI=1S/C26H36O8/c1-6-21-22(8-7-14-30-21)32-18(2)25(27)33-23(24-17-31-26(3,4)34-24)13-15-29-16-19-9-11-20(28-5)12-10-19/h6,9-13,15,18,21-24H,1,7-8,14,16-17H2,2-5H3/b15-13+/t18-,21-,22+,23-,24-/m1/s1. The molecule has 0 aliphatic carbocycles. The van der Waals surface area contributed by atoms with Crippen molar-refractivity contribution in [1.82, 2.24) is 0 Å². The summed E-state index contributed by atoms with van der Waals surface area (Å²) in [6.07, 6.45) is 4.14. The predicted molar refractivity (Wildman–Crippen MR) is 125 cm³/mol. The van der Waals surface area contributed by atoms with Gasteiger partial charge in [-0.1, -0.05) is 18.2 Å². The summed E-state index contributed by atoms with van der Waals surface area (Å²) in [6.45, 7) is 10.4. The molecule has 2 aliphatic rings. The zero-order valence-electron chi connectivity index (χ0n) is 20.4. The van der Waals surface area contributed by atoms with E-state index >= 15 is 0 Å². The molecule has 8 heteroatoms. The maximum Gasteiger partial charge on any atom is 0.335 e. The van der Waals surface area contributed by atoms with E-state index in [1.807, 2.05) is 38.1 Å². The van der Waals surface area contributed by atoms with Crippen molar-refractivity contribution in [3.63, 3.8) is 0 Å². The highest BCUT2D eigenvalue weighted by molar-refractivity contribution is 5.74. The van der Waals surface area contributed by atoms with Crippen LogP contribution in [0, 0.1) is 0 Å². The molecule has 0 spiro atoms. The fraction of sp³-hybridized carbons (Fsp3) is 0.577. The Morgan fingerprint density at radius 3 is 2.71 bits per heavy atom. The maximum atomic E-state index is 12.9. The molecule has 2 aliphatic heterocycles. The van der Waals surface area contributed by atoms with Crippen molar-refractivity contribution >= 4 is 5.97 Å². The molecule has 2 heterocycles. The molecule has 0 unspecified atom stereocenters. The smallest absolute Gasteiger partial charge is 0.335 e. The van der Waals surface area contributed by atoms with Gasteiger partial charge >= 0.3 is 5.97 Å². The number of ether oxygens (including phenoxy) is 7. The van der Waals surface area contributed by atoms with E-state index in [2.05, 4.69) is 6.58 Å². The second-order valence-corrected chi connectivity index (χ2v) is 8.79. The van der Waals surface area contributed by atoms with Crippen molar-refractivity contribution in [1.29, 1.82) is 0 Å². The summed E-state index contributed by atoms with van der Waals surface area (Å²) >= 11 is 0. The van der Waals surface area contributed by atoms with Gasteiger partial charge in [0.25, 0.3) is 0 Å². The molecule has 34 heavy (non-hydrogen) atoms. The predicted octanol–water partition coefficient (Wildman–Crippen LogP) is 3.93. The topological polar surface area (TPSA) is 81.7 Å². The van der Waals surface area contributed by atoms with Crippen LogP contribution in [0.25, 0.3) is 0 Å². The van der Waals surface area contributed by atoms with E-state index < -0.39 is 30.1 Å². The molecule has 3 rings (SSSR count). The van der Waals surface area contributed by atoms with E-state index in [9.17, 15) is 4.79 Å². The molecule has 5 atom stereocenters.